The smallest absolute Gasteiger partial charge is 0.251 e. The number of hydrogen-bond acceptors (Lipinski definition) is 5. The molecule has 1 aliphatic heterocycles. The van der Waals surface area contributed by atoms with E-state index >= 15 is 0 Å². The lowest BCUT2D eigenvalue weighted by molar-refractivity contribution is 0.0940. The number of nitriles is 1. The number of methoxy groups -OCH3 is 1. The number of rotatable bonds is 5. The molecule has 7 heteroatoms. The Kier molecular flexibility index (Phi) is 5.16. The molecule has 1 aromatic heterocycles. The second-order valence-electron chi connectivity index (χ2n) is 6.96. The highest BCUT2D eigenvalue weighted by molar-refractivity contribution is 5.94. The highest BCUT2D eigenvalue weighted by atomic mass is 16.5. The second-order valence-corrected chi connectivity index (χ2v) is 6.96. The number of H-pyrrole nitrogens is 1. The van der Waals surface area contributed by atoms with E-state index in [1.807, 2.05) is 30.3 Å². The van der Waals surface area contributed by atoms with Crippen LogP contribution in [0.15, 0.2) is 54.6 Å². The van der Waals surface area contributed by atoms with Crippen LogP contribution in [0.2, 0.25) is 0 Å². The van der Waals surface area contributed by atoms with Crippen molar-refractivity contribution < 1.29 is 9.53 Å². The van der Waals surface area contributed by atoms with Crippen molar-refractivity contribution in [1.29, 1.82) is 5.26 Å². The fourth-order valence-electron chi connectivity index (χ4n) is 3.44. The second kappa shape index (κ2) is 8.07. The minimum Gasteiger partial charge on any atom is -0.497 e. The van der Waals surface area contributed by atoms with E-state index in [9.17, 15) is 4.79 Å². The van der Waals surface area contributed by atoms with Crippen molar-refractivity contribution in [3.8, 4) is 23.1 Å². The maximum absolute atomic E-state index is 12.4. The first-order chi connectivity index (χ1) is 14.2. The average Bonchev–Trinajstić information content (AvgIpc) is 3.43. The molecular formula is C22H21N5O2. The van der Waals surface area contributed by atoms with E-state index in [1.54, 1.807) is 31.4 Å². The highest BCUT2D eigenvalue weighted by Crippen LogP contribution is 2.26. The van der Waals surface area contributed by atoms with Crippen molar-refractivity contribution in [1.82, 2.24) is 15.5 Å². The molecule has 1 atom stereocenters. The molecule has 1 saturated heterocycles. The van der Waals surface area contributed by atoms with E-state index in [4.69, 9.17) is 10.00 Å². The molecular weight excluding hydrogens is 366 g/mol. The Morgan fingerprint density at radius 3 is 2.69 bits per heavy atom. The monoisotopic (exact) mass is 387 g/mol. The molecule has 7 nitrogen and oxygen atoms in total. The number of aromatic amines is 1. The van der Waals surface area contributed by atoms with Crippen LogP contribution in [-0.4, -0.2) is 42.3 Å². The minimum absolute atomic E-state index is 0.0549. The fraction of sp³-hybridized carbons (Fsp3) is 0.227. The van der Waals surface area contributed by atoms with E-state index in [0.717, 1.165) is 35.8 Å². The summed E-state index contributed by atoms with van der Waals surface area (Å²) in [6, 6.07) is 18.6. The Morgan fingerprint density at radius 1 is 1.24 bits per heavy atom. The van der Waals surface area contributed by atoms with Gasteiger partial charge in [0.15, 0.2) is 5.82 Å². The predicted molar refractivity (Wildman–Crippen MR) is 110 cm³/mol. The molecule has 1 aliphatic rings. The molecule has 0 spiro atoms. The van der Waals surface area contributed by atoms with Gasteiger partial charge in [-0.2, -0.15) is 10.4 Å². The van der Waals surface area contributed by atoms with Gasteiger partial charge in [-0.15, -0.1) is 0 Å². The van der Waals surface area contributed by atoms with Crippen molar-refractivity contribution in [2.45, 2.75) is 12.5 Å². The first-order valence-electron chi connectivity index (χ1n) is 9.42. The van der Waals surface area contributed by atoms with Gasteiger partial charge in [-0.05, 0) is 60.5 Å². The molecule has 29 heavy (non-hydrogen) atoms. The Balaban J connectivity index is 1.37. The van der Waals surface area contributed by atoms with Gasteiger partial charge in [0.05, 0.1) is 24.4 Å². The number of carbonyl (C=O) groups is 1. The van der Waals surface area contributed by atoms with Gasteiger partial charge in [0.25, 0.3) is 5.91 Å². The maximum Gasteiger partial charge on any atom is 0.251 e. The third kappa shape index (κ3) is 4.06. The van der Waals surface area contributed by atoms with E-state index in [2.05, 4.69) is 26.5 Å². The van der Waals surface area contributed by atoms with Gasteiger partial charge in [-0.3, -0.25) is 9.89 Å². The Labute approximate surface area is 168 Å². The number of benzene rings is 2. The molecule has 3 aromatic rings. The molecule has 2 heterocycles. The lowest BCUT2D eigenvalue weighted by Crippen LogP contribution is -2.37. The molecule has 0 saturated carbocycles. The Morgan fingerprint density at radius 2 is 2.00 bits per heavy atom. The quantitative estimate of drug-likeness (QED) is 0.702. The third-order valence-electron chi connectivity index (χ3n) is 5.09. The maximum atomic E-state index is 12.4. The van der Waals surface area contributed by atoms with Crippen molar-refractivity contribution in [3.05, 3.63) is 65.7 Å². The summed E-state index contributed by atoms with van der Waals surface area (Å²) in [6.45, 7) is 1.53. The van der Waals surface area contributed by atoms with Gasteiger partial charge in [0, 0.05) is 30.8 Å². The number of aromatic nitrogens is 2. The van der Waals surface area contributed by atoms with Crippen LogP contribution in [0.4, 0.5) is 5.82 Å². The van der Waals surface area contributed by atoms with Gasteiger partial charge in [-0.1, -0.05) is 0 Å². The molecule has 4 rings (SSSR count). The standard InChI is InChI=1S/C22H21N5O2/c1-29-19-8-6-16(7-9-19)20-12-21(26-25-20)27-11-10-18(14-27)24-22(28)17-4-2-15(13-23)3-5-17/h2-9,12,18H,10-11,14H2,1H3,(H,24,28)(H,25,26)/t18-/m1/s1. The van der Waals surface area contributed by atoms with E-state index in [1.165, 1.54) is 0 Å². The van der Waals surface area contributed by atoms with Crippen LogP contribution in [0.1, 0.15) is 22.3 Å². The van der Waals surface area contributed by atoms with E-state index in [-0.39, 0.29) is 11.9 Å². The lowest BCUT2D eigenvalue weighted by Gasteiger charge is -2.16. The van der Waals surface area contributed by atoms with Crippen molar-refractivity contribution in [2.75, 3.05) is 25.1 Å². The molecule has 1 fully saturated rings. The van der Waals surface area contributed by atoms with E-state index < -0.39 is 0 Å². The Bertz CT molecular complexity index is 1030. The van der Waals surface area contributed by atoms with Crippen molar-refractivity contribution in [3.63, 3.8) is 0 Å². The topological polar surface area (TPSA) is 94.0 Å². The lowest BCUT2D eigenvalue weighted by atomic mass is 10.1. The predicted octanol–water partition coefficient (Wildman–Crippen LogP) is 2.97. The third-order valence-corrected chi connectivity index (χ3v) is 5.09. The number of carbonyl (C=O) groups excluding carboxylic acids is 1. The van der Waals surface area contributed by atoms with Crippen LogP contribution >= 0.6 is 0 Å². The summed E-state index contributed by atoms with van der Waals surface area (Å²) in [5.74, 6) is 1.56. The molecule has 0 bridgehead atoms. The molecule has 2 aromatic carbocycles. The average molecular weight is 387 g/mol. The first-order valence-corrected chi connectivity index (χ1v) is 9.42. The molecule has 1 amide bonds. The first kappa shape index (κ1) is 18.6. The van der Waals surface area contributed by atoms with Crippen LogP contribution in [-0.2, 0) is 0 Å². The van der Waals surface area contributed by atoms with Crippen molar-refractivity contribution >= 4 is 11.7 Å². The summed E-state index contributed by atoms with van der Waals surface area (Å²) in [5.41, 5.74) is 3.07. The van der Waals surface area contributed by atoms with Crippen LogP contribution in [0.25, 0.3) is 11.3 Å². The van der Waals surface area contributed by atoms with Crippen LogP contribution < -0.4 is 15.0 Å². The largest absolute Gasteiger partial charge is 0.497 e. The van der Waals surface area contributed by atoms with Gasteiger partial charge >= 0.3 is 0 Å². The number of ether oxygens (including phenoxy) is 1. The normalized spacial score (nSPS) is 15.7. The van der Waals surface area contributed by atoms with Gasteiger partial charge in [0.1, 0.15) is 5.75 Å². The number of nitrogens with one attached hydrogen (secondary N) is 2. The molecule has 0 unspecified atom stereocenters. The minimum atomic E-state index is -0.123. The Hall–Kier alpha value is -3.79. The van der Waals surface area contributed by atoms with Crippen LogP contribution in [0.3, 0.4) is 0 Å². The molecule has 2 N–H and O–H groups in total. The number of amides is 1. The molecule has 146 valence electrons. The molecule has 0 radical (unpaired) electrons. The summed E-state index contributed by atoms with van der Waals surface area (Å²) >= 11 is 0. The zero-order valence-corrected chi connectivity index (χ0v) is 16.1. The molecule has 0 aliphatic carbocycles. The summed E-state index contributed by atoms with van der Waals surface area (Å²) in [5, 5.41) is 19.4. The number of hydrogen-bond donors (Lipinski definition) is 2. The van der Waals surface area contributed by atoms with Crippen LogP contribution in [0.5, 0.6) is 5.75 Å². The fourth-order valence-corrected chi connectivity index (χ4v) is 3.44. The van der Waals surface area contributed by atoms with Crippen LogP contribution in [0, 0.1) is 11.3 Å². The van der Waals surface area contributed by atoms with Gasteiger partial charge < -0.3 is 15.0 Å². The summed E-state index contributed by atoms with van der Waals surface area (Å²) < 4.78 is 5.20. The summed E-state index contributed by atoms with van der Waals surface area (Å²) in [6.07, 6.45) is 0.854. The van der Waals surface area contributed by atoms with Gasteiger partial charge in [0.2, 0.25) is 0 Å². The SMILES string of the molecule is COc1ccc(-c2cc(N3CC[C@@H](NC(=O)c4ccc(C#N)cc4)C3)n[nH]2)cc1. The van der Waals surface area contributed by atoms with Gasteiger partial charge in [-0.25, -0.2) is 0 Å². The van der Waals surface area contributed by atoms with Crippen molar-refractivity contribution in [2.24, 2.45) is 0 Å². The summed E-state index contributed by atoms with van der Waals surface area (Å²) in [7, 11) is 1.65. The zero-order valence-electron chi connectivity index (χ0n) is 16.1. The van der Waals surface area contributed by atoms with E-state index in [0.29, 0.717) is 17.7 Å². The highest BCUT2D eigenvalue weighted by Gasteiger charge is 2.26. The number of anilines is 1. The number of nitrogens with zero attached hydrogens (tertiary/aromatic N) is 3. The zero-order chi connectivity index (χ0) is 20.2. The summed E-state index contributed by atoms with van der Waals surface area (Å²) in [4.78, 5) is 14.6.